The van der Waals surface area contributed by atoms with Gasteiger partial charge in [-0.15, -0.1) is 13.2 Å². The van der Waals surface area contributed by atoms with E-state index in [9.17, 15) is 30.7 Å². The van der Waals surface area contributed by atoms with Crippen LogP contribution in [0.5, 0.6) is 17.2 Å². The molecule has 0 unspecified atom stereocenters. The first-order chi connectivity index (χ1) is 15.9. The number of hydrogen-bond acceptors (Lipinski definition) is 3. The van der Waals surface area contributed by atoms with Gasteiger partial charge in [0.1, 0.15) is 17.4 Å². The molecule has 0 radical (unpaired) electrons. The van der Waals surface area contributed by atoms with E-state index in [4.69, 9.17) is 21.1 Å². The van der Waals surface area contributed by atoms with Crippen LogP contribution < -0.4 is 9.47 Å². The fraction of sp³-hybridized carbons (Fsp3) is 0.217. The van der Waals surface area contributed by atoms with Crippen LogP contribution in [0.4, 0.5) is 30.7 Å². The van der Waals surface area contributed by atoms with E-state index in [-0.39, 0.29) is 17.9 Å². The number of halogens is 8. The highest BCUT2D eigenvalue weighted by molar-refractivity contribution is 6.30. The summed E-state index contributed by atoms with van der Waals surface area (Å²) in [4.78, 5) is 0. The zero-order valence-electron chi connectivity index (χ0n) is 17.1. The van der Waals surface area contributed by atoms with Gasteiger partial charge in [-0.2, -0.15) is 13.2 Å². The molecule has 3 nitrogen and oxygen atoms in total. The first kappa shape index (κ1) is 25.6. The third kappa shape index (κ3) is 7.53. The highest BCUT2D eigenvalue weighted by Gasteiger charge is 2.41. The van der Waals surface area contributed by atoms with Gasteiger partial charge in [-0.25, -0.2) is 4.39 Å². The Kier molecular flexibility index (Phi) is 7.93. The average Bonchev–Trinajstić information content (AvgIpc) is 2.74. The van der Waals surface area contributed by atoms with Crippen molar-refractivity contribution >= 4 is 11.6 Å². The molecular weight excluding hydrogens is 493 g/mol. The number of ether oxygens (including phenoxy) is 3. The fourth-order valence-corrected chi connectivity index (χ4v) is 3.05. The predicted octanol–water partition coefficient (Wildman–Crippen LogP) is 8.03. The normalized spacial score (nSPS) is 12.9. The van der Waals surface area contributed by atoms with Crippen LogP contribution in [0.2, 0.25) is 5.02 Å². The van der Waals surface area contributed by atoms with Crippen LogP contribution in [-0.2, 0) is 11.3 Å². The quantitative estimate of drug-likeness (QED) is 0.288. The summed E-state index contributed by atoms with van der Waals surface area (Å²) in [6, 6.07) is 13.2. The van der Waals surface area contributed by atoms with Crippen LogP contribution in [0.1, 0.15) is 17.0 Å². The van der Waals surface area contributed by atoms with Gasteiger partial charge in [-0.3, -0.25) is 0 Å². The molecule has 3 aromatic carbocycles. The number of benzene rings is 3. The summed E-state index contributed by atoms with van der Waals surface area (Å²) in [5.74, 6) is -3.28. The number of hydrogen-bond donors (Lipinski definition) is 0. The average molecular weight is 509 g/mol. The van der Waals surface area contributed by atoms with E-state index in [1.807, 2.05) is 0 Å². The largest absolute Gasteiger partial charge is 0.573 e. The van der Waals surface area contributed by atoms with Gasteiger partial charge in [0.2, 0.25) is 0 Å². The first-order valence-corrected chi connectivity index (χ1v) is 10.0. The van der Waals surface area contributed by atoms with Crippen LogP contribution in [0.15, 0.2) is 66.7 Å². The van der Waals surface area contributed by atoms with Crippen LogP contribution in [-0.4, -0.2) is 19.1 Å². The lowest BCUT2D eigenvalue weighted by Crippen LogP contribution is -2.25. The summed E-state index contributed by atoms with van der Waals surface area (Å²) < 4.78 is 106. The topological polar surface area (TPSA) is 27.7 Å². The zero-order chi connectivity index (χ0) is 24.9. The Balaban J connectivity index is 1.66. The van der Waals surface area contributed by atoms with Crippen molar-refractivity contribution in [1.29, 1.82) is 0 Å². The van der Waals surface area contributed by atoms with Crippen molar-refractivity contribution < 1.29 is 44.9 Å². The lowest BCUT2D eigenvalue weighted by atomic mass is 9.99. The lowest BCUT2D eigenvalue weighted by molar-refractivity contribution is -0.274. The predicted molar refractivity (Wildman–Crippen MR) is 110 cm³/mol. The van der Waals surface area contributed by atoms with Gasteiger partial charge in [-0.1, -0.05) is 29.8 Å². The van der Waals surface area contributed by atoms with Gasteiger partial charge in [0.15, 0.2) is 11.6 Å². The third-order valence-corrected chi connectivity index (χ3v) is 4.75. The zero-order valence-corrected chi connectivity index (χ0v) is 17.8. The van der Waals surface area contributed by atoms with Gasteiger partial charge >= 0.3 is 12.5 Å². The van der Waals surface area contributed by atoms with Gasteiger partial charge in [0.25, 0.3) is 0 Å². The van der Waals surface area contributed by atoms with E-state index in [2.05, 4.69) is 4.74 Å². The van der Waals surface area contributed by atoms with Crippen molar-refractivity contribution in [2.24, 2.45) is 0 Å². The maximum atomic E-state index is 14.1. The minimum absolute atomic E-state index is 0.156. The minimum atomic E-state index is -4.96. The van der Waals surface area contributed by atoms with Crippen molar-refractivity contribution in [2.45, 2.75) is 25.1 Å². The van der Waals surface area contributed by atoms with Crippen molar-refractivity contribution in [1.82, 2.24) is 0 Å². The summed E-state index contributed by atoms with van der Waals surface area (Å²) in [6.07, 6.45) is -9.68. The highest BCUT2D eigenvalue weighted by atomic mass is 35.5. The third-order valence-electron chi connectivity index (χ3n) is 4.50. The van der Waals surface area contributed by atoms with E-state index < -0.39 is 36.6 Å². The maximum absolute atomic E-state index is 14.1. The van der Waals surface area contributed by atoms with Crippen LogP contribution in [0.3, 0.4) is 0 Å². The molecule has 0 aliphatic heterocycles. The Morgan fingerprint density at radius 2 is 1.41 bits per heavy atom. The molecule has 0 aliphatic carbocycles. The molecule has 0 N–H and O–H groups in total. The van der Waals surface area contributed by atoms with Crippen LogP contribution in [0.25, 0.3) is 0 Å². The van der Waals surface area contributed by atoms with Crippen LogP contribution in [0, 0.1) is 5.82 Å². The molecular formula is C23H16ClF7O3. The monoisotopic (exact) mass is 508 g/mol. The lowest BCUT2D eigenvalue weighted by Gasteiger charge is -2.21. The second-order valence-corrected chi connectivity index (χ2v) is 7.48. The molecule has 34 heavy (non-hydrogen) atoms. The molecule has 0 aliphatic rings. The molecule has 1 atom stereocenters. The summed E-state index contributed by atoms with van der Waals surface area (Å²) in [5.41, 5.74) is 0.0492. The van der Waals surface area contributed by atoms with Crippen LogP contribution >= 0.6 is 11.6 Å². The minimum Gasteiger partial charge on any atom is -0.454 e. The first-order valence-electron chi connectivity index (χ1n) is 9.63. The Labute approximate surface area is 194 Å². The van der Waals surface area contributed by atoms with E-state index in [0.29, 0.717) is 16.3 Å². The van der Waals surface area contributed by atoms with Gasteiger partial charge < -0.3 is 14.2 Å². The molecule has 0 bridgehead atoms. The molecule has 0 heterocycles. The van der Waals surface area contributed by atoms with Crippen molar-refractivity contribution in [2.75, 3.05) is 6.61 Å². The molecule has 0 aromatic heterocycles. The van der Waals surface area contributed by atoms with E-state index in [0.717, 1.165) is 30.3 Å². The van der Waals surface area contributed by atoms with Gasteiger partial charge in [-0.05, 0) is 59.7 Å². The Bertz CT molecular complexity index is 1080. The van der Waals surface area contributed by atoms with Crippen molar-refractivity contribution in [3.8, 4) is 17.2 Å². The molecule has 3 aromatic rings. The van der Waals surface area contributed by atoms with Gasteiger partial charge in [0.05, 0.1) is 13.2 Å². The summed E-state index contributed by atoms with van der Waals surface area (Å²) in [7, 11) is 0. The molecule has 11 heteroatoms. The Hall–Kier alpha value is -2.98. The second kappa shape index (κ2) is 10.5. The highest BCUT2D eigenvalue weighted by Crippen LogP contribution is 2.36. The smallest absolute Gasteiger partial charge is 0.454 e. The molecule has 182 valence electrons. The SMILES string of the molecule is Fc1ccc(COC[C@H](c2ccc(OC(F)(F)F)cc2)C(F)(F)F)cc1Oc1ccc(Cl)cc1. The Morgan fingerprint density at radius 1 is 0.794 bits per heavy atom. The van der Waals surface area contributed by atoms with E-state index >= 15 is 0 Å². The van der Waals surface area contributed by atoms with Crippen molar-refractivity contribution in [3.63, 3.8) is 0 Å². The fourth-order valence-electron chi connectivity index (χ4n) is 2.92. The van der Waals surface area contributed by atoms with E-state index in [1.165, 1.54) is 24.3 Å². The molecule has 0 spiro atoms. The maximum Gasteiger partial charge on any atom is 0.573 e. The summed E-state index contributed by atoms with van der Waals surface area (Å²) in [6.45, 7) is -1.10. The summed E-state index contributed by atoms with van der Waals surface area (Å²) in [5, 5.41) is 0.455. The second-order valence-electron chi connectivity index (χ2n) is 7.05. The molecule has 0 amide bonds. The number of alkyl halides is 6. The summed E-state index contributed by atoms with van der Waals surface area (Å²) >= 11 is 5.79. The number of rotatable bonds is 8. The molecule has 0 saturated heterocycles. The standard InChI is InChI=1S/C23H16ClF7O3/c24-16-4-8-17(9-5-16)33-21-11-14(1-10-20(21)25)12-32-13-19(22(26,27)28)15-2-6-18(7-3-15)34-23(29,30)31/h1-11,19H,12-13H2/t19-/m1/s1. The Morgan fingerprint density at radius 3 is 2.00 bits per heavy atom. The van der Waals surface area contributed by atoms with E-state index in [1.54, 1.807) is 12.1 Å². The van der Waals surface area contributed by atoms with Crippen molar-refractivity contribution in [3.05, 3.63) is 88.7 Å². The molecule has 0 saturated carbocycles. The van der Waals surface area contributed by atoms with Gasteiger partial charge in [0, 0.05) is 5.02 Å². The molecule has 0 fully saturated rings. The molecule has 3 rings (SSSR count).